The second-order valence-electron chi connectivity index (χ2n) is 4.40. The Hall–Kier alpha value is -1.62. The van der Waals surface area contributed by atoms with Gasteiger partial charge >= 0.3 is 5.76 Å². The molecule has 0 aliphatic carbocycles. The van der Waals surface area contributed by atoms with Gasteiger partial charge in [-0.15, -0.1) is 11.8 Å². The van der Waals surface area contributed by atoms with Gasteiger partial charge in [-0.2, -0.15) is 0 Å². The second kappa shape index (κ2) is 7.24. The summed E-state index contributed by atoms with van der Waals surface area (Å²) in [7, 11) is 0. The van der Waals surface area contributed by atoms with Crippen LogP contribution in [0.25, 0.3) is 0 Å². The predicted molar refractivity (Wildman–Crippen MR) is 81.3 cm³/mol. The molecule has 2 rings (SSSR count). The number of aromatic nitrogens is 1. The molecule has 1 heterocycles. The third-order valence-corrected chi connectivity index (χ3v) is 3.80. The van der Waals surface area contributed by atoms with E-state index in [1.165, 1.54) is 11.1 Å². The van der Waals surface area contributed by atoms with Gasteiger partial charge in [0.2, 0.25) is 0 Å². The summed E-state index contributed by atoms with van der Waals surface area (Å²) in [5.41, 5.74) is 2.56. The fourth-order valence-electron chi connectivity index (χ4n) is 1.91. The Bertz CT molecular complexity index is 603. The van der Waals surface area contributed by atoms with Gasteiger partial charge in [-0.05, 0) is 30.0 Å². The van der Waals surface area contributed by atoms with Gasteiger partial charge < -0.3 is 9.15 Å². The number of ether oxygens (including phenoxy) is 1. The summed E-state index contributed by atoms with van der Waals surface area (Å²) in [5.74, 6) is 2.32. The van der Waals surface area contributed by atoms with Crippen LogP contribution < -0.4 is 10.5 Å². The number of rotatable bonds is 7. The quantitative estimate of drug-likeness (QED) is 0.628. The lowest BCUT2D eigenvalue weighted by Gasteiger charge is -2.11. The van der Waals surface area contributed by atoms with Crippen molar-refractivity contribution in [2.75, 3.05) is 5.94 Å². The maximum absolute atomic E-state index is 10.8. The molecule has 2 aromatic rings. The molecule has 5 heteroatoms. The fourth-order valence-corrected chi connectivity index (χ4v) is 2.54. The van der Waals surface area contributed by atoms with E-state index in [4.69, 9.17) is 9.15 Å². The first kappa shape index (κ1) is 14.8. The van der Waals surface area contributed by atoms with E-state index in [1.54, 1.807) is 18.0 Å². The van der Waals surface area contributed by atoms with E-state index < -0.39 is 5.76 Å². The lowest BCUT2D eigenvalue weighted by Crippen LogP contribution is -1.98. The molecule has 0 aliphatic rings. The van der Waals surface area contributed by atoms with Gasteiger partial charge in [-0.1, -0.05) is 26.0 Å². The first-order chi connectivity index (χ1) is 9.72. The van der Waals surface area contributed by atoms with E-state index >= 15 is 0 Å². The molecule has 0 radical (unpaired) electrons. The summed E-state index contributed by atoms with van der Waals surface area (Å²) >= 11 is 1.57. The van der Waals surface area contributed by atoms with E-state index in [0.717, 1.165) is 18.6 Å². The number of oxazole rings is 1. The Balaban J connectivity index is 1.86. The predicted octanol–water partition coefficient (Wildman–Crippen LogP) is 3.36. The maximum Gasteiger partial charge on any atom is 0.416 e. The number of aryl methyl sites for hydroxylation is 2. The van der Waals surface area contributed by atoms with Crippen molar-refractivity contribution >= 4 is 11.8 Å². The summed E-state index contributed by atoms with van der Waals surface area (Å²) in [5, 5.41) is 0. The van der Waals surface area contributed by atoms with Crippen LogP contribution in [0.3, 0.4) is 0 Å². The normalized spacial score (nSPS) is 10.7. The van der Waals surface area contributed by atoms with Crippen molar-refractivity contribution in [3.05, 3.63) is 51.8 Å². The number of benzene rings is 1. The monoisotopic (exact) mass is 293 g/mol. The van der Waals surface area contributed by atoms with Crippen LogP contribution in [0.2, 0.25) is 0 Å². The average Bonchev–Trinajstić information content (AvgIpc) is 2.89. The van der Waals surface area contributed by atoms with E-state index in [2.05, 4.69) is 31.0 Å². The van der Waals surface area contributed by atoms with E-state index in [9.17, 15) is 4.79 Å². The van der Waals surface area contributed by atoms with Crippen LogP contribution in [0.15, 0.2) is 33.6 Å². The van der Waals surface area contributed by atoms with Crippen molar-refractivity contribution in [3.8, 4) is 5.75 Å². The molecule has 4 nitrogen and oxygen atoms in total. The zero-order valence-electron chi connectivity index (χ0n) is 11.8. The molecule has 20 heavy (non-hydrogen) atoms. The van der Waals surface area contributed by atoms with Crippen LogP contribution in [-0.2, 0) is 18.6 Å². The number of thioether (sulfide) groups is 1. The highest BCUT2D eigenvalue weighted by Gasteiger charge is 2.04. The minimum atomic E-state index is -0.412. The molecule has 0 atom stereocenters. The number of hydrogen-bond donors (Lipinski definition) is 1. The van der Waals surface area contributed by atoms with Gasteiger partial charge in [0.15, 0.2) is 0 Å². The minimum Gasteiger partial charge on any atom is -0.483 e. The van der Waals surface area contributed by atoms with Gasteiger partial charge in [0.25, 0.3) is 0 Å². The first-order valence-corrected chi connectivity index (χ1v) is 7.88. The highest BCUT2D eigenvalue weighted by Crippen LogP contribution is 2.23. The highest BCUT2D eigenvalue weighted by molar-refractivity contribution is 7.98. The number of aromatic amines is 1. The summed E-state index contributed by atoms with van der Waals surface area (Å²) in [6, 6.07) is 6.34. The average molecular weight is 293 g/mol. The third kappa shape index (κ3) is 3.93. The lowest BCUT2D eigenvalue weighted by atomic mass is 10.1. The van der Waals surface area contributed by atoms with E-state index in [1.807, 2.05) is 6.07 Å². The van der Waals surface area contributed by atoms with Gasteiger partial charge in [-0.3, -0.25) is 4.98 Å². The van der Waals surface area contributed by atoms with Crippen molar-refractivity contribution in [1.29, 1.82) is 0 Å². The molecular weight excluding hydrogens is 274 g/mol. The Morgan fingerprint density at radius 1 is 1.30 bits per heavy atom. The molecule has 1 aromatic heterocycles. The van der Waals surface area contributed by atoms with Crippen LogP contribution in [0.1, 0.15) is 30.7 Å². The molecule has 0 fully saturated rings. The van der Waals surface area contributed by atoms with Crippen LogP contribution >= 0.6 is 11.8 Å². The fraction of sp³-hybridized carbons (Fsp3) is 0.400. The Labute approximate surface area is 122 Å². The molecule has 1 N–H and O–H groups in total. The molecular formula is C15H19NO3S. The van der Waals surface area contributed by atoms with Crippen LogP contribution in [0.5, 0.6) is 5.75 Å². The van der Waals surface area contributed by atoms with E-state index in [-0.39, 0.29) is 0 Å². The Kier molecular flexibility index (Phi) is 5.35. The number of H-pyrrole nitrogens is 1. The molecule has 0 saturated carbocycles. The molecule has 0 spiro atoms. The summed E-state index contributed by atoms with van der Waals surface area (Å²) < 4.78 is 10.7. The largest absolute Gasteiger partial charge is 0.483 e. The lowest BCUT2D eigenvalue weighted by molar-refractivity contribution is 0.388. The molecule has 1 aromatic carbocycles. The van der Waals surface area contributed by atoms with Gasteiger partial charge in [0.05, 0.1) is 5.75 Å². The van der Waals surface area contributed by atoms with Crippen molar-refractivity contribution < 1.29 is 9.15 Å². The van der Waals surface area contributed by atoms with Crippen molar-refractivity contribution in [2.24, 2.45) is 0 Å². The van der Waals surface area contributed by atoms with Gasteiger partial charge in [0, 0.05) is 6.20 Å². The third-order valence-electron chi connectivity index (χ3n) is 3.03. The molecule has 0 unspecified atom stereocenters. The SMILES string of the molecule is CCc1ccc(OCSCc2c[nH]c(=O)o2)c(CC)c1. The molecule has 108 valence electrons. The smallest absolute Gasteiger partial charge is 0.416 e. The topological polar surface area (TPSA) is 55.2 Å². The van der Waals surface area contributed by atoms with Gasteiger partial charge in [-0.25, -0.2) is 4.79 Å². The van der Waals surface area contributed by atoms with Crippen LogP contribution in [0.4, 0.5) is 0 Å². The summed E-state index contributed by atoms with van der Waals surface area (Å²) in [6.45, 7) is 4.28. The van der Waals surface area contributed by atoms with Crippen molar-refractivity contribution in [3.63, 3.8) is 0 Å². The number of nitrogens with one attached hydrogen (secondary N) is 1. The van der Waals surface area contributed by atoms with Crippen molar-refractivity contribution in [2.45, 2.75) is 32.4 Å². The molecule has 0 bridgehead atoms. The summed E-state index contributed by atoms with van der Waals surface area (Å²) in [6.07, 6.45) is 3.58. The molecule has 0 saturated heterocycles. The van der Waals surface area contributed by atoms with Crippen LogP contribution in [0, 0.1) is 0 Å². The van der Waals surface area contributed by atoms with E-state index in [0.29, 0.717) is 17.5 Å². The van der Waals surface area contributed by atoms with Crippen LogP contribution in [-0.4, -0.2) is 10.9 Å². The summed E-state index contributed by atoms with van der Waals surface area (Å²) in [4.78, 5) is 13.3. The van der Waals surface area contributed by atoms with Crippen molar-refractivity contribution in [1.82, 2.24) is 4.98 Å². The zero-order chi connectivity index (χ0) is 14.4. The Morgan fingerprint density at radius 3 is 2.80 bits per heavy atom. The maximum atomic E-state index is 10.8. The highest BCUT2D eigenvalue weighted by atomic mass is 32.2. The zero-order valence-corrected chi connectivity index (χ0v) is 12.6. The molecule has 0 aliphatic heterocycles. The minimum absolute atomic E-state index is 0.412. The first-order valence-electron chi connectivity index (χ1n) is 6.72. The second-order valence-corrected chi connectivity index (χ2v) is 5.34. The molecule has 0 amide bonds. The number of hydrogen-bond acceptors (Lipinski definition) is 4. The standard InChI is InChI=1S/C15H19NO3S/c1-3-11-5-6-14(12(4-2)7-11)18-10-20-9-13-8-16-15(17)19-13/h5-8H,3-4,9-10H2,1-2H3,(H,16,17). The Morgan fingerprint density at radius 2 is 2.15 bits per heavy atom. The van der Waals surface area contributed by atoms with Gasteiger partial charge in [0.1, 0.15) is 17.4 Å².